The fourth-order valence-corrected chi connectivity index (χ4v) is 5.64. The number of hydrogen-bond acceptors (Lipinski definition) is 5. The summed E-state index contributed by atoms with van der Waals surface area (Å²) in [6, 6.07) is 17.5. The van der Waals surface area contributed by atoms with Crippen molar-refractivity contribution in [2.24, 2.45) is 0 Å². The minimum atomic E-state index is -0.745. The lowest BCUT2D eigenvalue weighted by atomic mass is 9.86. The molecule has 216 valence electrons. The highest BCUT2D eigenvalue weighted by Gasteiger charge is 2.27. The van der Waals surface area contributed by atoms with Gasteiger partial charge in [-0.25, -0.2) is 8.78 Å². The van der Waals surface area contributed by atoms with Crippen LogP contribution in [-0.4, -0.2) is 44.9 Å². The Kier molecular flexibility index (Phi) is 10.7. The van der Waals surface area contributed by atoms with Gasteiger partial charge in [-0.1, -0.05) is 41.9 Å². The third-order valence-electron chi connectivity index (χ3n) is 7.45. The number of carbonyl (C=O) groups is 1. The maximum Gasteiger partial charge on any atom is 0.217 e. The summed E-state index contributed by atoms with van der Waals surface area (Å²) in [6.07, 6.45) is 3.50. The summed E-state index contributed by atoms with van der Waals surface area (Å²) in [7, 11) is 1.51. The molecule has 9 heteroatoms. The van der Waals surface area contributed by atoms with Crippen molar-refractivity contribution in [1.29, 1.82) is 5.26 Å². The van der Waals surface area contributed by atoms with Crippen molar-refractivity contribution in [2.75, 3.05) is 26.9 Å². The molecule has 1 fully saturated rings. The summed E-state index contributed by atoms with van der Waals surface area (Å²) in [4.78, 5) is 11.4. The van der Waals surface area contributed by atoms with E-state index in [0.717, 1.165) is 31.2 Å². The minimum Gasteiger partial charge on any atom is -0.488 e. The number of ether oxygens (including phenoxy) is 2. The second-order valence-corrected chi connectivity index (χ2v) is 10.6. The molecule has 4 rings (SSSR count). The van der Waals surface area contributed by atoms with E-state index in [0.29, 0.717) is 12.1 Å². The van der Waals surface area contributed by atoms with E-state index in [1.54, 1.807) is 6.07 Å². The zero-order valence-corrected chi connectivity index (χ0v) is 23.9. The van der Waals surface area contributed by atoms with Gasteiger partial charge in [0.05, 0.1) is 23.3 Å². The van der Waals surface area contributed by atoms with Crippen LogP contribution in [0.2, 0.25) is 5.02 Å². The van der Waals surface area contributed by atoms with Gasteiger partial charge in [-0.2, -0.15) is 5.26 Å². The number of nitriles is 1. The molecule has 0 spiro atoms. The molecular formula is C32H34ClF2N3O3. The molecule has 0 saturated heterocycles. The molecule has 3 aromatic rings. The third-order valence-corrected chi connectivity index (χ3v) is 7.76. The second kappa shape index (κ2) is 14.4. The molecule has 3 aromatic carbocycles. The van der Waals surface area contributed by atoms with Gasteiger partial charge in [0.15, 0.2) is 11.6 Å². The first-order valence-corrected chi connectivity index (χ1v) is 14.1. The van der Waals surface area contributed by atoms with Crippen LogP contribution in [0.15, 0.2) is 54.6 Å². The lowest BCUT2D eigenvalue weighted by Gasteiger charge is -2.31. The van der Waals surface area contributed by atoms with E-state index in [9.17, 15) is 10.1 Å². The Balaban J connectivity index is 1.68. The summed E-state index contributed by atoms with van der Waals surface area (Å²) >= 11 is 6.49. The van der Waals surface area contributed by atoms with Crippen LogP contribution in [0.3, 0.4) is 0 Å². The zero-order chi connectivity index (χ0) is 29.4. The van der Waals surface area contributed by atoms with Gasteiger partial charge in [0, 0.05) is 49.7 Å². The lowest BCUT2D eigenvalue weighted by Crippen LogP contribution is -2.42. The molecule has 0 aromatic heterocycles. The fourth-order valence-electron chi connectivity index (χ4n) is 5.39. The Morgan fingerprint density at radius 2 is 1.78 bits per heavy atom. The second-order valence-electron chi connectivity index (χ2n) is 10.2. The SMILES string of the molecule is COCCOc1ccc(C#N)c(-c2cc(C(CNC3CCC(NC(C)=O)CC3)c3ccccc3)c(F)cc2Cl)c1F. The van der Waals surface area contributed by atoms with Crippen LogP contribution in [0.1, 0.15) is 55.2 Å². The van der Waals surface area contributed by atoms with Crippen LogP contribution in [-0.2, 0) is 9.53 Å². The molecule has 1 unspecified atom stereocenters. The first-order chi connectivity index (χ1) is 19.8. The van der Waals surface area contributed by atoms with Crippen molar-refractivity contribution >= 4 is 17.5 Å². The minimum absolute atomic E-state index is 0.00763. The Morgan fingerprint density at radius 3 is 2.44 bits per heavy atom. The monoisotopic (exact) mass is 581 g/mol. The molecule has 1 atom stereocenters. The quantitative estimate of drug-likeness (QED) is 0.258. The highest BCUT2D eigenvalue weighted by molar-refractivity contribution is 6.33. The van der Waals surface area contributed by atoms with Crippen LogP contribution in [0.4, 0.5) is 8.78 Å². The number of halogens is 3. The number of nitrogens with one attached hydrogen (secondary N) is 2. The summed E-state index contributed by atoms with van der Waals surface area (Å²) in [5.74, 6) is -1.74. The van der Waals surface area contributed by atoms with Crippen molar-refractivity contribution in [3.05, 3.63) is 87.9 Å². The normalized spacial score (nSPS) is 17.5. The number of carbonyl (C=O) groups excluding carboxylic acids is 1. The number of benzene rings is 3. The van der Waals surface area contributed by atoms with E-state index in [2.05, 4.69) is 10.6 Å². The summed E-state index contributed by atoms with van der Waals surface area (Å²) in [5.41, 5.74) is 1.46. The van der Waals surface area contributed by atoms with Gasteiger partial charge in [0.1, 0.15) is 12.4 Å². The topological polar surface area (TPSA) is 83.4 Å². The summed E-state index contributed by atoms with van der Waals surface area (Å²) in [5, 5.41) is 16.4. The van der Waals surface area contributed by atoms with Crippen molar-refractivity contribution in [1.82, 2.24) is 10.6 Å². The molecule has 1 saturated carbocycles. The van der Waals surface area contributed by atoms with Gasteiger partial charge in [-0.3, -0.25) is 4.79 Å². The van der Waals surface area contributed by atoms with E-state index in [1.807, 2.05) is 36.4 Å². The van der Waals surface area contributed by atoms with Gasteiger partial charge in [-0.15, -0.1) is 0 Å². The molecule has 41 heavy (non-hydrogen) atoms. The maximum absolute atomic E-state index is 15.8. The van der Waals surface area contributed by atoms with Crippen molar-refractivity contribution in [2.45, 2.75) is 50.6 Å². The van der Waals surface area contributed by atoms with Gasteiger partial charge in [0.25, 0.3) is 0 Å². The molecule has 2 N–H and O–H groups in total. The number of hydrogen-bond donors (Lipinski definition) is 2. The Labute approximate surface area is 244 Å². The zero-order valence-electron chi connectivity index (χ0n) is 23.2. The van der Waals surface area contributed by atoms with E-state index < -0.39 is 17.6 Å². The first-order valence-electron chi connectivity index (χ1n) is 13.7. The molecule has 0 radical (unpaired) electrons. The number of nitrogens with zero attached hydrogens (tertiary/aromatic N) is 1. The standard InChI is InChI=1S/C32H34ClF2N3O3/c1-20(39)38-24-11-9-23(10-12-24)37-19-27(21-6-4-3-5-7-21)25-16-26(28(33)17-29(25)34)31-22(18-36)8-13-30(32(31)35)41-15-14-40-2/h3-8,13,16-17,23-24,27,37H,9-12,14-15,19H2,1-2H3,(H,38,39). The fraction of sp³-hybridized carbons (Fsp3) is 0.375. The van der Waals surface area contributed by atoms with Gasteiger partial charge in [0.2, 0.25) is 5.91 Å². The Hall–Kier alpha value is -3.51. The number of rotatable bonds is 11. The Bertz CT molecular complexity index is 1390. The smallest absolute Gasteiger partial charge is 0.217 e. The average molecular weight is 582 g/mol. The highest BCUT2D eigenvalue weighted by atomic mass is 35.5. The van der Waals surface area contributed by atoms with E-state index in [1.165, 1.54) is 32.2 Å². The molecule has 0 heterocycles. The highest BCUT2D eigenvalue weighted by Crippen LogP contribution is 2.40. The molecule has 1 amide bonds. The molecule has 6 nitrogen and oxygen atoms in total. The maximum atomic E-state index is 15.8. The van der Waals surface area contributed by atoms with Gasteiger partial charge < -0.3 is 20.1 Å². The largest absolute Gasteiger partial charge is 0.488 e. The summed E-state index contributed by atoms with van der Waals surface area (Å²) < 4.78 is 41.9. The van der Waals surface area contributed by atoms with E-state index in [4.69, 9.17) is 21.1 Å². The molecule has 1 aliphatic rings. The van der Waals surface area contributed by atoms with Crippen LogP contribution >= 0.6 is 11.6 Å². The van der Waals surface area contributed by atoms with Crippen LogP contribution in [0.25, 0.3) is 11.1 Å². The molecule has 0 bridgehead atoms. The van der Waals surface area contributed by atoms with Gasteiger partial charge in [-0.05, 0) is 61.1 Å². The van der Waals surface area contributed by atoms with Crippen molar-refractivity contribution in [3.8, 4) is 22.9 Å². The van der Waals surface area contributed by atoms with Crippen LogP contribution in [0, 0.1) is 23.0 Å². The van der Waals surface area contributed by atoms with Crippen LogP contribution in [0.5, 0.6) is 5.75 Å². The predicted molar refractivity (Wildman–Crippen MR) is 155 cm³/mol. The molecule has 0 aliphatic heterocycles. The molecular weight excluding hydrogens is 548 g/mol. The number of amides is 1. The lowest BCUT2D eigenvalue weighted by molar-refractivity contribution is -0.119. The third kappa shape index (κ3) is 7.62. The Morgan fingerprint density at radius 1 is 1.07 bits per heavy atom. The van der Waals surface area contributed by atoms with E-state index in [-0.39, 0.29) is 58.7 Å². The summed E-state index contributed by atoms with van der Waals surface area (Å²) in [6.45, 7) is 2.34. The van der Waals surface area contributed by atoms with E-state index >= 15 is 8.78 Å². The van der Waals surface area contributed by atoms with Gasteiger partial charge >= 0.3 is 0 Å². The average Bonchev–Trinajstić information content (AvgIpc) is 2.96. The van der Waals surface area contributed by atoms with Crippen molar-refractivity contribution in [3.63, 3.8) is 0 Å². The van der Waals surface area contributed by atoms with Crippen molar-refractivity contribution < 1.29 is 23.0 Å². The molecule has 1 aliphatic carbocycles. The van der Waals surface area contributed by atoms with Crippen LogP contribution < -0.4 is 15.4 Å². The first kappa shape index (κ1) is 30.4. The predicted octanol–water partition coefficient (Wildman–Crippen LogP) is 6.35. The number of methoxy groups -OCH3 is 1.